The number of carbonyl (C=O) groups excluding carboxylic acids is 1. The number of ketones is 1. The predicted molar refractivity (Wildman–Crippen MR) is 105 cm³/mol. The number of rotatable bonds is 17. The number of Topliss-reactive ketones (excluding diaryl/α,β-unsaturated/α-hetero) is 1. The molecule has 0 aromatic rings. The first kappa shape index (κ1) is 23.6. The highest BCUT2D eigenvalue weighted by Gasteiger charge is 2.19. The van der Waals surface area contributed by atoms with E-state index in [0.29, 0.717) is 12.4 Å². The van der Waals surface area contributed by atoms with Gasteiger partial charge >= 0.3 is 0 Å². The van der Waals surface area contributed by atoms with E-state index in [0.717, 1.165) is 19.3 Å². The Labute approximate surface area is 151 Å². The molecule has 0 rings (SSSR count). The fourth-order valence-electron chi connectivity index (χ4n) is 3.07. The van der Waals surface area contributed by atoms with Gasteiger partial charge in [0.2, 0.25) is 0 Å². The Morgan fingerprint density at radius 3 is 1.17 bits per heavy atom. The first-order valence-corrected chi connectivity index (χ1v) is 10.6. The molecule has 24 heavy (non-hydrogen) atoms. The van der Waals surface area contributed by atoms with E-state index < -0.39 is 0 Å². The van der Waals surface area contributed by atoms with E-state index in [2.05, 4.69) is 0 Å². The molecule has 0 amide bonds. The third-order valence-electron chi connectivity index (χ3n) is 4.90. The summed E-state index contributed by atoms with van der Waals surface area (Å²) in [5, 5.41) is 8.71. The summed E-state index contributed by atoms with van der Waals surface area (Å²) in [7, 11) is 0. The smallest absolute Gasteiger partial charge is 0.138 e. The maximum Gasteiger partial charge on any atom is 0.138 e. The van der Waals surface area contributed by atoms with Gasteiger partial charge in [-0.15, -0.1) is 0 Å². The number of aliphatic hydroxyl groups excluding tert-OH is 1. The lowest BCUT2D eigenvalue weighted by molar-refractivity contribution is -0.126. The van der Waals surface area contributed by atoms with Crippen LogP contribution >= 0.6 is 0 Å². The zero-order valence-corrected chi connectivity index (χ0v) is 16.9. The highest BCUT2D eigenvalue weighted by molar-refractivity contribution is 5.83. The number of hydrogen-bond acceptors (Lipinski definition) is 2. The molecule has 2 nitrogen and oxygen atoms in total. The Bertz CT molecular complexity index is 278. The van der Waals surface area contributed by atoms with Crippen LogP contribution in [0.1, 0.15) is 124 Å². The lowest BCUT2D eigenvalue weighted by Gasteiger charge is -2.16. The molecular formula is C22H44O2. The molecule has 0 aliphatic carbocycles. The average Bonchev–Trinajstić information content (AvgIpc) is 2.53. The molecule has 0 aromatic heterocycles. The molecule has 0 atom stereocenters. The first-order chi connectivity index (χ1) is 11.5. The minimum atomic E-state index is -0.153. The molecule has 0 aromatic carbocycles. The Balaban J connectivity index is 3.12. The van der Waals surface area contributed by atoms with Gasteiger partial charge in [0.1, 0.15) is 5.78 Å². The van der Waals surface area contributed by atoms with Crippen molar-refractivity contribution in [3.05, 3.63) is 0 Å². The zero-order chi connectivity index (χ0) is 18.1. The number of unbranched alkanes of at least 4 members (excludes halogenated alkanes) is 14. The largest absolute Gasteiger partial charge is 0.396 e. The van der Waals surface area contributed by atoms with Gasteiger partial charge in [-0.2, -0.15) is 0 Å². The van der Waals surface area contributed by atoms with Crippen LogP contribution in [0.3, 0.4) is 0 Å². The first-order valence-electron chi connectivity index (χ1n) is 10.6. The van der Waals surface area contributed by atoms with Crippen LogP contribution in [0.5, 0.6) is 0 Å². The van der Waals surface area contributed by atoms with Crippen molar-refractivity contribution in [1.82, 2.24) is 0 Å². The van der Waals surface area contributed by atoms with E-state index >= 15 is 0 Å². The molecule has 0 fully saturated rings. The quantitative estimate of drug-likeness (QED) is 0.294. The van der Waals surface area contributed by atoms with Crippen molar-refractivity contribution in [3.8, 4) is 0 Å². The molecule has 0 unspecified atom stereocenters. The van der Waals surface area contributed by atoms with Crippen molar-refractivity contribution in [1.29, 1.82) is 0 Å². The van der Waals surface area contributed by atoms with E-state index in [9.17, 15) is 4.79 Å². The van der Waals surface area contributed by atoms with Crippen LogP contribution in [0.15, 0.2) is 0 Å². The van der Waals surface area contributed by atoms with Gasteiger partial charge in [-0.1, -0.05) is 104 Å². The van der Waals surface area contributed by atoms with Crippen molar-refractivity contribution in [3.63, 3.8) is 0 Å². The predicted octanol–water partition coefficient (Wildman–Crippen LogP) is 6.84. The second-order valence-corrected chi connectivity index (χ2v) is 8.45. The van der Waals surface area contributed by atoms with Crippen LogP contribution in [0.25, 0.3) is 0 Å². The van der Waals surface area contributed by atoms with E-state index in [-0.39, 0.29) is 5.41 Å². The Kier molecular flexibility index (Phi) is 15.9. The van der Waals surface area contributed by atoms with Crippen LogP contribution in [0.4, 0.5) is 0 Å². The Hall–Kier alpha value is -0.370. The van der Waals surface area contributed by atoms with Crippen molar-refractivity contribution in [2.24, 2.45) is 5.41 Å². The van der Waals surface area contributed by atoms with Gasteiger partial charge in [-0.05, 0) is 12.8 Å². The summed E-state index contributed by atoms with van der Waals surface area (Å²) >= 11 is 0. The average molecular weight is 341 g/mol. The van der Waals surface area contributed by atoms with Crippen molar-refractivity contribution >= 4 is 5.78 Å². The highest BCUT2D eigenvalue weighted by Crippen LogP contribution is 2.19. The van der Waals surface area contributed by atoms with E-state index in [4.69, 9.17) is 5.11 Å². The van der Waals surface area contributed by atoms with Crippen LogP contribution < -0.4 is 0 Å². The van der Waals surface area contributed by atoms with Gasteiger partial charge in [0, 0.05) is 18.4 Å². The SMILES string of the molecule is CC(C)(C)C(=O)CCCCCCCCCCCCCCCCCO. The molecule has 0 aliphatic rings. The summed E-state index contributed by atoms with van der Waals surface area (Å²) in [5.41, 5.74) is -0.153. The normalized spacial score (nSPS) is 11.8. The molecule has 0 radical (unpaired) electrons. The Morgan fingerprint density at radius 1 is 0.583 bits per heavy atom. The zero-order valence-electron chi connectivity index (χ0n) is 16.9. The third kappa shape index (κ3) is 16.5. The molecule has 2 heteroatoms. The third-order valence-corrected chi connectivity index (χ3v) is 4.90. The maximum atomic E-state index is 11.8. The summed E-state index contributed by atoms with van der Waals surface area (Å²) in [6, 6.07) is 0. The number of hydrogen-bond donors (Lipinski definition) is 1. The molecule has 0 spiro atoms. The van der Waals surface area contributed by atoms with Crippen molar-refractivity contribution in [2.45, 2.75) is 124 Å². The second-order valence-electron chi connectivity index (χ2n) is 8.45. The highest BCUT2D eigenvalue weighted by atomic mass is 16.2. The molecule has 144 valence electrons. The minimum Gasteiger partial charge on any atom is -0.396 e. The second kappa shape index (κ2) is 16.1. The maximum absolute atomic E-state index is 11.8. The van der Waals surface area contributed by atoms with Crippen LogP contribution in [-0.4, -0.2) is 17.5 Å². The summed E-state index contributed by atoms with van der Waals surface area (Å²) in [5.74, 6) is 0.413. The fourth-order valence-corrected chi connectivity index (χ4v) is 3.07. The van der Waals surface area contributed by atoms with Gasteiger partial charge in [0.25, 0.3) is 0 Å². The van der Waals surface area contributed by atoms with Crippen LogP contribution in [0, 0.1) is 5.41 Å². The van der Waals surface area contributed by atoms with E-state index in [1.807, 2.05) is 20.8 Å². The summed E-state index contributed by atoms with van der Waals surface area (Å²) in [6.45, 7) is 6.42. The fraction of sp³-hybridized carbons (Fsp3) is 0.955. The lowest BCUT2D eigenvalue weighted by atomic mass is 9.88. The van der Waals surface area contributed by atoms with Crippen molar-refractivity contribution in [2.75, 3.05) is 6.61 Å². The van der Waals surface area contributed by atoms with Crippen LogP contribution in [-0.2, 0) is 4.79 Å². The molecule has 0 bridgehead atoms. The summed E-state index contributed by atoms with van der Waals surface area (Å²) in [4.78, 5) is 11.8. The minimum absolute atomic E-state index is 0.153. The van der Waals surface area contributed by atoms with Gasteiger partial charge in [-0.25, -0.2) is 0 Å². The Morgan fingerprint density at radius 2 is 0.875 bits per heavy atom. The monoisotopic (exact) mass is 340 g/mol. The van der Waals surface area contributed by atoms with Gasteiger partial charge in [0.05, 0.1) is 0 Å². The van der Waals surface area contributed by atoms with Crippen molar-refractivity contribution < 1.29 is 9.90 Å². The molecule has 0 heterocycles. The molecule has 0 saturated heterocycles. The van der Waals surface area contributed by atoms with Gasteiger partial charge < -0.3 is 5.11 Å². The summed E-state index contributed by atoms with van der Waals surface area (Å²) in [6.07, 6.45) is 20.2. The van der Waals surface area contributed by atoms with E-state index in [1.165, 1.54) is 83.5 Å². The molecule has 0 aliphatic heterocycles. The van der Waals surface area contributed by atoms with E-state index in [1.54, 1.807) is 0 Å². The van der Waals surface area contributed by atoms with Crippen LogP contribution in [0.2, 0.25) is 0 Å². The molecular weight excluding hydrogens is 296 g/mol. The number of aliphatic hydroxyl groups is 1. The molecule has 0 saturated carbocycles. The number of carbonyl (C=O) groups is 1. The topological polar surface area (TPSA) is 37.3 Å². The lowest BCUT2D eigenvalue weighted by Crippen LogP contribution is -2.19. The van der Waals surface area contributed by atoms with Gasteiger partial charge in [0.15, 0.2) is 0 Å². The summed E-state index contributed by atoms with van der Waals surface area (Å²) < 4.78 is 0. The standard InChI is InChI=1S/C22H44O2/c1-22(2,3)21(24)19-17-15-13-11-9-7-5-4-6-8-10-12-14-16-18-20-23/h23H,4-20H2,1-3H3. The van der Waals surface area contributed by atoms with Gasteiger partial charge in [-0.3, -0.25) is 4.79 Å². The molecule has 1 N–H and O–H groups in total.